The van der Waals surface area contributed by atoms with Gasteiger partial charge in [-0.05, 0) is 60.2 Å². The van der Waals surface area contributed by atoms with Crippen molar-refractivity contribution >= 4 is 33.4 Å². The molecule has 0 saturated heterocycles. The lowest BCUT2D eigenvalue weighted by Crippen LogP contribution is -2.13. The quantitative estimate of drug-likeness (QED) is 0.552. The number of carbonyl (C=O) groups is 1. The number of anilines is 2. The molecule has 0 unspecified atom stereocenters. The zero-order valence-corrected chi connectivity index (χ0v) is 16.8. The van der Waals surface area contributed by atoms with Gasteiger partial charge in [-0.3, -0.25) is 9.52 Å². The van der Waals surface area contributed by atoms with E-state index in [2.05, 4.69) is 10.0 Å². The summed E-state index contributed by atoms with van der Waals surface area (Å²) in [6.45, 7) is 0. The highest BCUT2D eigenvalue weighted by atomic mass is 32.2. The van der Waals surface area contributed by atoms with E-state index in [-0.39, 0.29) is 4.90 Å². The first-order valence-electron chi connectivity index (χ1n) is 8.88. The van der Waals surface area contributed by atoms with E-state index in [0.29, 0.717) is 22.7 Å². The second-order valence-electron chi connectivity index (χ2n) is 6.20. The summed E-state index contributed by atoms with van der Waals surface area (Å²) in [6, 6.07) is 18.1. The Morgan fingerprint density at radius 2 is 1.63 bits per heavy atom. The van der Waals surface area contributed by atoms with Crippen molar-refractivity contribution in [3.63, 3.8) is 0 Å². The first kappa shape index (κ1) is 21.1. The van der Waals surface area contributed by atoms with Crippen molar-refractivity contribution in [2.24, 2.45) is 0 Å². The molecule has 0 spiro atoms. The SMILES string of the molecule is COc1ccccc1NS(=O)(=O)c1ccc(/C=C/C(=O)Nc2ccc(F)cc2)cc1. The van der Waals surface area contributed by atoms with E-state index >= 15 is 0 Å². The Morgan fingerprint density at radius 1 is 0.967 bits per heavy atom. The number of carbonyl (C=O) groups excluding carboxylic acids is 1. The lowest BCUT2D eigenvalue weighted by molar-refractivity contribution is -0.111. The molecule has 30 heavy (non-hydrogen) atoms. The second-order valence-corrected chi connectivity index (χ2v) is 7.89. The molecular weight excluding hydrogens is 407 g/mol. The third-order valence-corrected chi connectivity index (χ3v) is 5.46. The van der Waals surface area contributed by atoms with E-state index in [9.17, 15) is 17.6 Å². The van der Waals surface area contributed by atoms with Gasteiger partial charge in [0.05, 0.1) is 17.7 Å². The molecule has 0 aliphatic carbocycles. The van der Waals surface area contributed by atoms with Crippen LogP contribution in [0.15, 0.2) is 83.8 Å². The average molecular weight is 426 g/mol. The molecule has 0 radical (unpaired) electrons. The molecule has 0 aliphatic heterocycles. The Labute approximate surface area is 174 Å². The fourth-order valence-electron chi connectivity index (χ4n) is 2.58. The number of hydrogen-bond donors (Lipinski definition) is 2. The number of sulfonamides is 1. The van der Waals surface area contributed by atoms with Gasteiger partial charge in [0.15, 0.2) is 0 Å². The summed E-state index contributed by atoms with van der Waals surface area (Å²) < 4.78 is 45.7. The smallest absolute Gasteiger partial charge is 0.262 e. The lowest BCUT2D eigenvalue weighted by Gasteiger charge is -2.11. The van der Waals surface area contributed by atoms with Crippen LogP contribution >= 0.6 is 0 Å². The molecule has 3 aromatic carbocycles. The van der Waals surface area contributed by atoms with Gasteiger partial charge in [-0.2, -0.15) is 0 Å². The molecule has 0 heterocycles. The molecule has 1 amide bonds. The molecule has 0 aromatic heterocycles. The number of hydrogen-bond acceptors (Lipinski definition) is 4. The molecule has 0 bridgehead atoms. The highest BCUT2D eigenvalue weighted by Gasteiger charge is 2.16. The number of rotatable bonds is 7. The van der Waals surface area contributed by atoms with E-state index in [4.69, 9.17) is 4.74 Å². The number of methoxy groups -OCH3 is 1. The standard InChI is InChI=1S/C22H19FN2O4S/c1-29-21-5-3-2-4-20(21)25-30(27,28)19-13-6-16(7-14-19)8-15-22(26)24-18-11-9-17(23)10-12-18/h2-15,25H,1H3,(H,24,26)/b15-8+. The van der Waals surface area contributed by atoms with Gasteiger partial charge in [0.25, 0.3) is 10.0 Å². The van der Waals surface area contributed by atoms with Crippen LogP contribution in [0.3, 0.4) is 0 Å². The van der Waals surface area contributed by atoms with Crippen molar-refractivity contribution in [1.29, 1.82) is 0 Å². The predicted octanol–water partition coefficient (Wildman–Crippen LogP) is 4.29. The zero-order valence-electron chi connectivity index (χ0n) is 16.0. The summed E-state index contributed by atoms with van der Waals surface area (Å²) in [5, 5.41) is 2.60. The van der Waals surface area contributed by atoms with Crippen molar-refractivity contribution in [2.75, 3.05) is 17.1 Å². The molecule has 0 atom stereocenters. The largest absolute Gasteiger partial charge is 0.495 e. The summed E-state index contributed by atoms with van der Waals surface area (Å²) >= 11 is 0. The second kappa shape index (κ2) is 9.23. The fourth-order valence-corrected chi connectivity index (χ4v) is 3.65. The van der Waals surface area contributed by atoms with Gasteiger partial charge >= 0.3 is 0 Å². The maximum atomic E-state index is 12.9. The number of para-hydroxylation sites is 2. The summed E-state index contributed by atoms with van der Waals surface area (Å²) in [4.78, 5) is 12.0. The van der Waals surface area contributed by atoms with Gasteiger partial charge in [0, 0.05) is 11.8 Å². The predicted molar refractivity (Wildman–Crippen MR) is 114 cm³/mol. The topological polar surface area (TPSA) is 84.5 Å². The number of halogens is 1. The van der Waals surface area contributed by atoms with Crippen LogP contribution in [0.1, 0.15) is 5.56 Å². The summed E-state index contributed by atoms with van der Waals surface area (Å²) in [6.07, 6.45) is 2.85. The summed E-state index contributed by atoms with van der Waals surface area (Å²) in [5.74, 6) is -0.372. The van der Waals surface area contributed by atoms with E-state index in [1.807, 2.05) is 0 Å². The van der Waals surface area contributed by atoms with Gasteiger partial charge in [0.2, 0.25) is 5.91 Å². The molecule has 0 saturated carbocycles. The summed E-state index contributed by atoms with van der Waals surface area (Å²) in [5.41, 5.74) is 1.44. The molecule has 8 heteroatoms. The molecule has 3 rings (SSSR count). The third kappa shape index (κ3) is 5.45. The molecule has 6 nitrogen and oxygen atoms in total. The van der Waals surface area contributed by atoms with Crippen molar-refractivity contribution in [3.8, 4) is 5.75 Å². The monoisotopic (exact) mass is 426 g/mol. The van der Waals surface area contributed by atoms with Gasteiger partial charge in [-0.15, -0.1) is 0 Å². The Bertz CT molecular complexity index is 1160. The van der Waals surface area contributed by atoms with Crippen LogP contribution in [0.4, 0.5) is 15.8 Å². The van der Waals surface area contributed by atoms with Crippen LogP contribution in [0, 0.1) is 5.82 Å². The van der Waals surface area contributed by atoms with Crippen molar-refractivity contribution < 1.29 is 22.3 Å². The first-order chi connectivity index (χ1) is 14.4. The van der Waals surface area contributed by atoms with Crippen molar-refractivity contribution in [3.05, 3.63) is 90.3 Å². The third-order valence-electron chi connectivity index (χ3n) is 4.08. The minimum absolute atomic E-state index is 0.0707. The molecular formula is C22H19FN2O4S. The fraction of sp³-hybridized carbons (Fsp3) is 0.0455. The minimum Gasteiger partial charge on any atom is -0.495 e. The molecule has 154 valence electrons. The molecule has 0 aliphatic rings. The van der Waals surface area contributed by atoms with Gasteiger partial charge < -0.3 is 10.1 Å². The van der Waals surface area contributed by atoms with Gasteiger partial charge in [0.1, 0.15) is 11.6 Å². The van der Waals surface area contributed by atoms with Crippen molar-refractivity contribution in [1.82, 2.24) is 0 Å². The van der Waals surface area contributed by atoms with Crippen LogP contribution in [-0.2, 0) is 14.8 Å². The minimum atomic E-state index is -3.80. The van der Waals surface area contributed by atoms with Gasteiger partial charge in [-0.25, -0.2) is 12.8 Å². The highest BCUT2D eigenvalue weighted by molar-refractivity contribution is 7.92. The first-order valence-corrected chi connectivity index (χ1v) is 10.4. The van der Waals surface area contributed by atoms with Crippen LogP contribution < -0.4 is 14.8 Å². The van der Waals surface area contributed by atoms with Crippen molar-refractivity contribution in [2.45, 2.75) is 4.90 Å². The van der Waals surface area contributed by atoms with E-state index < -0.39 is 21.7 Å². The van der Waals surface area contributed by atoms with Crippen LogP contribution in [0.25, 0.3) is 6.08 Å². The van der Waals surface area contributed by atoms with E-state index in [1.165, 1.54) is 49.6 Å². The number of ether oxygens (including phenoxy) is 1. The van der Waals surface area contributed by atoms with Crippen LogP contribution in [0.2, 0.25) is 0 Å². The Balaban J connectivity index is 1.67. The Morgan fingerprint density at radius 3 is 2.30 bits per heavy atom. The molecule has 3 aromatic rings. The Kier molecular flexibility index (Phi) is 6.48. The normalized spacial score (nSPS) is 11.3. The lowest BCUT2D eigenvalue weighted by atomic mass is 10.2. The summed E-state index contributed by atoms with van der Waals surface area (Å²) in [7, 11) is -2.34. The maximum absolute atomic E-state index is 12.9. The molecule has 0 fully saturated rings. The maximum Gasteiger partial charge on any atom is 0.262 e. The van der Waals surface area contributed by atoms with E-state index in [0.717, 1.165) is 0 Å². The number of amides is 1. The number of benzene rings is 3. The van der Waals surface area contributed by atoms with Crippen LogP contribution in [-0.4, -0.2) is 21.4 Å². The zero-order chi connectivity index (χ0) is 21.6. The Hall–Kier alpha value is -3.65. The molecule has 2 N–H and O–H groups in total. The van der Waals surface area contributed by atoms with E-state index in [1.54, 1.807) is 42.5 Å². The van der Waals surface area contributed by atoms with Crippen LogP contribution in [0.5, 0.6) is 5.75 Å². The highest BCUT2D eigenvalue weighted by Crippen LogP contribution is 2.26. The van der Waals surface area contributed by atoms with Gasteiger partial charge in [-0.1, -0.05) is 24.3 Å². The average Bonchev–Trinajstić information content (AvgIpc) is 2.74. The number of nitrogens with one attached hydrogen (secondary N) is 2.